The maximum atomic E-state index is 11.2. The summed E-state index contributed by atoms with van der Waals surface area (Å²) in [6.07, 6.45) is -7.53. The molecule has 10 nitrogen and oxygen atoms in total. The van der Waals surface area contributed by atoms with Gasteiger partial charge >= 0.3 is 0 Å². The molecule has 1 aliphatic carbocycles. The summed E-state index contributed by atoms with van der Waals surface area (Å²) in [5, 5.41) is 39.1. The molecule has 1 heterocycles. The van der Waals surface area contributed by atoms with Crippen LogP contribution in [0.2, 0.25) is 0 Å². The van der Waals surface area contributed by atoms with Crippen molar-refractivity contribution < 1.29 is 39.5 Å². The van der Waals surface area contributed by atoms with Crippen LogP contribution in [-0.4, -0.2) is 75.2 Å². The lowest BCUT2D eigenvalue weighted by molar-refractivity contribution is -0.393. The van der Waals surface area contributed by atoms with Gasteiger partial charge in [-0.1, -0.05) is 0 Å². The van der Waals surface area contributed by atoms with Crippen molar-refractivity contribution in [1.29, 1.82) is 0 Å². The molecular weight excluding hydrogens is 288 g/mol. The number of amides is 2. The minimum Gasteiger partial charge on any atom is -0.396 e. The zero-order valence-electron chi connectivity index (χ0n) is 11.0. The molecule has 1 aliphatic heterocycles. The van der Waals surface area contributed by atoms with E-state index in [1.807, 2.05) is 0 Å². The lowest BCUT2D eigenvalue weighted by atomic mass is 9.88. The third kappa shape index (κ3) is 2.39. The molecule has 7 atom stereocenters. The first-order chi connectivity index (χ1) is 9.73. The van der Waals surface area contributed by atoms with Gasteiger partial charge in [0.05, 0.1) is 19.1 Å². The molecule has 2 amide bonds. The lowest BCUT2D eigenvalue weighted by Gasteiger charge is -2.50. The van der Waals surface area contributed by atoms with Crippen molar-refractivity contribution in [3.8, 4) is 0 Å². The van der Waals surface area contributed by atoms with Gasteiger partial charge in [-0.25, -0.2) is 0 Å². The Kier molecular flexibility index (Phi) is 4.19. The van der Waals surface area contributed by atoms with Gasteiger partial charge in [0, 0.05) is 5.92 Å². The third-order valence-corrected chi connectivity index (χ3v) is 3.93. The van der Waals surface area contributed by atoms with Gasteiger partial charge in [-0.15, -0.1) is 0 Å². The fourth-order valence-electron chi connectivity index (χ4n) is 2.74. The van der Waals surface area contributed by atoms with Crippen LogP contribution < -0.4 is 11.5 Å². The maximum absolute atomic E-state index is 11.2. The van der Waals surface area contributed by atoms with Crippen LogP contribution in [0.4, 0.5) is 0 Å². The van der Waals surface area contributed by atoms with Crippen LogP contribution in [0.25, 0.3) is 0 Å². The molecule has 1 saturated heterocycles. The molecule has 0 bridgehead atoms. The first kappa shape index (κ1) is 16.1. The second kappa shape index (κ2) is 5.48. The molecule has 21 heavy (non-hydrogen) atoms. The zero-order valence-corrected chi connectivity index (χ0v) is 11.0. The Bertz CT molecular complexity index is 446. The fourth-order valence-corrected chi connectivity index (χ4v) is 2.74. The van der Waals surface area contributed by atoms with E-state index < -0.39 is 67.1 Å². The molecular formula is C11H18N2O8. The number of aliphatic hydroxyl groups excluding tert-OH is 3. The van der Waals surface area contributed by atoms with Crippen LogP contribution in [0.15, 0.2) is 0 Å². The van der Waals surface area contributed by atoms with E-state index in [0.717, 1.165) is 0 Å². The highest BCUT2D eigenvalue weighted by Crippen LogP contribution is 2.49. The van der Waals surface area contributed by atoms with Crippen LogP contribution in [0.5, 0.6) is 0 Å². The number of fused-ring (bicyclic) bond motifs is 1. The summed E-state index contributed by atoms with van der Waals surface area (Å²) in [7, 11) is 0. The minimum absolute atomic E-state index is 0.515. The van der Waals surface area contributed by atoms with Crippen molar-refractivity contribution in [2.45, 2.75) is 42.7 Å². The number of hydrogen-bond donors (Lipinski definition) is 6. The SMILES string of the molecule is NC(=O)CC(O[C@@H]1OC2C(CO)[C@@H](O)C(O)C21O)C(N)=O. The predicted octanol–water partition coefficient (Wildman–Crippen LogP) is -4.47. The van der Waals surface area contributed by atoms with Crippen molar-refractivity contribution in [2.75, 3.05) is 6.61 Å². The summed E-state index contributed by atoms with van der Waals surface area (Å²) in [4.78, 5) is 22.0. The van der Waals surface area contributed by atoms with Crippen LogP contribution >= 0.6 is 0 Å². The molecule has 120 valence electrons. The van der Waals surface area contributed by atoms with E-state index in [1.165, 1.54) is 0 Å². The quantitative estimate of drug-likeness (QED) is 0.283. The van der Waals surface area contributed by atoms with Crippen molar-refractivity contribution >= 4 is 11.8 Å². The highest BCUT2D eigenvalue weighted by molar-refractivity contribution is 5.85. The summed E-state index contributed by atoms with van der Waals surface area (Å²) in [6, 6.07) is 0. The summed E-state index contributed by atoms with van der Waals surface area (Å²) in [5.74, 6) is -2.73. The number of carbonyl (C=O) groups is 2. The van der Waals surface area contributed by atoms with Crippen LogP contribution in [0, 0.1) is 5.92 Å². The number of ether oxygens (including phenoxy) is 2. The van der Waals surface area contributed by atoms with E-state index in [2.05, 4.69) is 0 Å². The van der Waals surface area contributed by atoms with Gasteiger partial charge in [0.1, 0.15) is 18.3 Å². The van der Waals surface area contributed by atoms with Gasteiger partial charge in [0.15, 0.2) is 11.9 Å². The molecule has 2 fully saturated rings. The van der Waals surface area contributed by atoms with Gasteiger partial charge < -0.3 is 41.4 Å². The van der Waals surface area contributed by atoms with Crippen molar-refractivity contribution in [1.82, 2.24) is 0 Å². The lowest BCUT2D eigenvalue weighted by Crippen LogP contribution is -2.70. The zero-order chi connectivity index (χ0) is 15.9. The Morgan fingerprint density at radius 2 is 1.95 bits per heavy atom. The molecule has 8 N–H and O–H groups in total. The average molecular weight is 306 g/mol. The predicted molar refractivity (Wildman–Crippen MR) is 64.1 cm³/mol. The second-order valence-electron chi connectivity index (χ2n) is 5.26. The van der Waals surface area contributed by atoms with E-state index in [1.54, 1.807) is 0 Å². The molecule has 5 unspecified atom stereocenters. The van der Waals surface area contributed by atoms with Gasteiger partial charge in [-0.3, -0.25) is 9.59 Å². The van der Waals surface area contributed by atoms with Gasteiger partial charge in [-0.2, -0.15) is 0 Å². The fraction of sp³-hybridized carbons (Fsp3) is 0.818. The van der Waals surface area contributed by atoms with Crippen molar-refractivity contribution in [2.24, 2.45) is 17.4 Å². The molecule has 10 heteroatoms. The summed E-state index contributed by atoms with van der Waals surface area (Å²) >= 11 is 0. The van der Waals surface area contributed by atoms with E-state index >= 15 is 0 Å². The van der Waals surface area contributed by atoms with Crippen LogP contribution in [-0.2, 0) is 19.1 Å². The van der Waals surface area contributed by atoms with Gasteiger partial charge in [0.2, 0.25) is 11.8 Å². The molecule has 1 saturated carbocycles. The summed E-state index contributed by atoms with van der Waals surface area (Å²) in [6.45, 7) is -0.515. The minimum atomic E-state index is -2.00. The normalized spacial score (nSPS) is 43.0. The number of aliphatic hydroxyl groups is 4. The number of rotatable bonds is 6. The monoisotopic (exact) mass is 306 g/mol. The van der Waals surface area contributed by atoms with E-state index in [4.69, 9.17) is 26.0 Å². The van der Waals surface area contributed by atoms with Gasteiger partial charge in [0.25, 0.3) is 0 Å². The molecule has 2 aliphatic rings. The topological polar surface area (TPSA) is 186 Å². The Balaban J connectivity index is 2.10. The number of nitrogens with two attached hydrogens (primary N) is 2. The number of primary amides is 2. The standard InChI is InChI=1S/C11H18N2O8/c12-5(15)1-4(9(13)18)20-10-11(19)7(17)6(16)3(2-14)8(11)21-10/h3-4,6-8,10,14,16-17,19H,1-2H2,(H2,12,15)(H2,13,18)/t3?,4?,6-,7?,8?,10-,11?/m1/s1. The Labute approximate surface area is 119 Å². The van der Waals surface area contributed by atoms with Crippen molar-refractivity contribution in [3.63, 3.8) is 0 Å². The summed E-state index contributed by atoms with van der Waals surface area (Å²) < 4.78 is 10.2. The number of carbonyl (C=O) groups excluding carboxylic acids is 2. The maximum Gasteiger partial charge on any atom is 0.247 e. The second-order valence-corrected chi connectivity index (χ2v) is 5.26. The highest BCUT2D eigenvalue weighted by Gasteiger charge is 2.72. The largest absolute Gasteiger partial charge is 0.396 e. The molecule has 0 spiro atoms. The molecule has 2 rings (SSSR count). The van der Waals surface area contributed by atoms with E-state index in [9.17, 15) is 24.9 Å². The van der Waals surface area contributed by atoms with Gasteiger partial charge in [-0.05, 0) is 0 Å². The molecule has 0 radical (unpaired) electrons. The summed E-state index contributed by atoms with van der Waals surface area (Å²) in [5.41, 5.74) is 7.99. The first-order valence-corrected chi connectivity index (χ1v) is 6.31. The average Bonchev–Trinajstić information content (AvgIpc) is 2.54. The molecule has 0 aromatic heterocycles. The highest BCUT2D eigenvalue weighted by atomic mass is 16.7. The van der Waals surface area contributed by atoms with E-state index in [0.29, 0.717) is 0 Å². The Morgan fingerprint density at radius 3 is 2.43 bits per heavy atom. The first-order valence-electron chi connectivity index (χ1n) is 6.31. The Morgan fingerprint density at radius 1 is 1.33 bits per heavy atom. The number of hydrogen-bond acceptors (Lipinski definition) is 8. The van der Waals surface area contributed by atoms with Crippen molar-refractivity contribution in [3.05, 3.63) is 0 Å². The van der Waals surface area contributed by atoms with Crippen LogP contribution in [0.3, 0.4) is 0 Å². The Hall–Kier alpha value is -1.30. The molecule has 0 aromatic rings. The van der Waals surface area contributed by atoms with Crippen LogP contribution in [0.1, 0.15) is 6.42 Å². The smallest absolute Gasteiger partial charge is 0.247 e. The third-order valence-electron chi connectivity index (χ3n) is 3.93. The molecule has 0 aromatic carbocycles. The van der Waals surface area contributed by atoms with E-state index in [-0.39, 0.29) is 0 Å².